The predicted octanol–water partition coefficient (Wildman–Crippen LogP) is 0.997. The fourth-order valence-electron chi connectivity index (χ4n) is 1.62. The van der Waals surface area contributed by atoms with Crippen LogP contribution in [0.3, 0.4) is 0 Å². The second-order valence-corrected chi connectivity index (χ2v) is 4.14. The highest BCUT2D eigenvalue weighted by atomic mass is 15.2. The summed E-state index contributed by atoms with van der Waals surface area (Å²) in [6.07, 6.45) is 4.28. The summed E-state index contributed by atoms with van der Waals surface area (Å²) in [4.78, 5) is 10.7. The molecule has 1 aromatic heterocycles. The minimum atomic E-state index is -0.00822. The molecule has 1 fully saturated rings. The lowest BCUT2D eigenvalue weighted by molar-refractivity contribution is 0.719. The molecule has 3 N–H and O–H groups in total. The topological polar surface area (TPSA) is 78.9 Å². The van der Waals surface area contributed by atoms with Gasteiger partial charge in [-0.1, -0.05) is 0 Å². The summed E-state index contributed by atoms with van der Waals surface area (Å²) in [6.45, 7) is 3.99. The molecule has 5 heteroatoms. The largest absolute Gasteiger partial charge is 0.382 e. The van der Waals surface area contributed by atoms with Gasteiger partial charge in [0.25, 0.3) is 0 Å². The zero-order chi connectivity index (χ0) is 11.5. The van der Waals surface area contributed by atoms with E-state index in [1.807, 2.05) is 0 Å². The van der Waals surface area contributed by atoms with Gasteiger partial charge in [-0.2, -0.15) is 0 Å². The summed E-state index contributed by atoms with van der Waals surface area (Å²) in [5.74, 6) is 1.47. The zero-order valence-electron chi connectivity index (χ0n) is 9.48. The minimum Gasteiger partial charge on any atom is -0.382 e. The fraction of sp³-hybridized carbons (Fsp3) is 0.545. The van der Waals surface area contributed by atoms with Gasteiger partial charge in [0.15, 0.2) is 0 Å². The third-order valence-electron chi connectivity index (χ3n) is 2.76. The van der Waals surface area contributed by atoms with Crippen LogP contribution < -0.4 is 10.6 Å². The van der Waals surface area contributed by atoms with Gasteiger partial charge in [-0.05, 0) is 31.7 Å². The molecule has 86 valence electrons. The van der Waals surface area contributed by atoms with Gasteiger partial charge >= 0.3 is 0 Å². The third kappa shape index (κ3) is 2.48. The van der Waals surface area contributed by atoms with Gasteiger partial charge in [0.1, 0.15) is 11.5 Å². The lowest BCUT2D eigenvalue weighted by atomic mass is 10.3. The summed E-state index contributed by atoms with van der Waals surface area (Å²) < 4.78 is 0. The first-order valence-electron chi connectivity index (χ1n) is 5.63. The summed E-state index contributed by atoms with van der Waals surface area (Å²) in [6, 6.07) is 1.66. The van der Waals surface area contributed by atoms with Crippen LogP contribution in [0.4, 0.5) is 5.95 Å². The Morgan fingerprint density at radius 3 is 2.94 bits per heavy atom. The van der Waals surface area contributed by atoms with Crippen molar-refractivity contribution >= 4 is 11.8 Å². The van der Waals surface area contributed by atoms with Crippen LogP contribution in [0.15, 0.2) is 12.3 Å². The molecular formula is C11H17N5. The molecule has 2 rings (SSSR count). The third-order valence-corrected chi connectivity index (χ3v) is 2.76. The maximum atomic E-state index is 7.35. The Morgan fingerprint density at radius 2 is 2.38 bits per heavy atom. The average molecular weight is 219 g/mol. The van der Waals surface area contributed by atoms with Crippen LogP contribution in [0, 0.1) is 11.3 Å². The highest BCUT2D eigenvalue weighted by Crippen LogP contribution is 2.30. The first-order chi connectivity index (χ1) is 7.70. The van der Waals surface area contributed by atoms with Crippen LogP contribution in [0.25, 0.3) is 0 Å². The number of nitrogens with one attached hydrogen (secondary N) is 1. The van der Waals surface area contributed by atoms with Crippen molar-refractivity contribution in [3.63, 3.8) is 0 Å². The van der Waals surface area contributed by atoms with Crippen molar-refractivity contribution in [2.24, 2.45) is 11.7 Å². The molecule has 1 aromatic rings. The van der Waals surface area contributed by atoms with Crippen molar-refractivity contribution in [2.45, 2.75) is 19.8 Å². The highest BCUT2D eigenvalue weighted by Gasteiger charge is 2.24. The number of rotatable bonds is 5. The Morgan fingerprint density at radius 1 is 1.62 bits per heavy atom. The Hall–Kier alpha value is -1.65. The monoisotopic (exact) mass is 219 g/mol. The van der Waals surface area contributed by atoms with Crippen molar-refractivity contribution in [3.05, 3.63) is 18.0 Å². The Bertz CT molecular complexity index is 386. The summed E-state index contributed by atoms with van der Waals surface area (Å²) in [7, 11) is 0. The molecule has 1 saturated carbocycles. The fourth-order valence-corrected chi connectivity index (χ4v) is 1.62. The van der Waals surface area contributed by atoms with E-state index in [0.717, 1.165) is 19.0 Å². The van der Waals surface area contributed by atoms with Gasteiger partial charge < -0.3 is 10.6 Å². The lowest BCUT2D eigenvalue weighted by Crippen LogP contribution is -2.28. The standard InChI is InChI=1S/C11H17N5/c1-2-16(7-8-3-4-8)11-14-6-5-9(15-11)10(12)13/h5-6,8H,2-4,7H2,1H3,(H3,12,13). The van der Waals surface area contributed by atoms with Crippen LogP contribution in [0.5, 0.6) is 0 Å². The Labute approximate surface area is 95.2 Å². The van der Waals surface area contributed by atoms with E-state index in [0.29, 0.717) is 11.6 Å². The molecule has 1 heterocycles. The van der Waals surface area contributed by atoms with Gasteiger partial charge in [-0.3, -0.25) is 5.41 Å². The lowest BCUT2D eigenvalue weighted by Gasteiger charge is -2.20. The Balaban J connectivity index is 2.15. The Kier molecular flexibility index (Phi) is 3.03. The molecular weight excluding hydrogens is 202 g/mol. The summed E-state index contributed by atoms with van der Waals surface area (Å²) >= 11 is 0. The van der Waals surface area contributed by atoms with Crippen molar-refractivity contribution in [3.8, 4) is 0 Å². The van der Waals surface area contributed by atoms with E-state index in [1.54, 1.807) is 12.3 Å². The average Bonchev–Trinajstić information content (AvgIpc) is 3.10. The van der Waals surface area contributed by atoms with Gasteiger partial charge in [-0.15, -0.1) is 0 Å². The van der Waals surface area contributed by atoms with E-state index < -0.39 is 0 Å². The number of nitrogens with zero attached hydrogens (tertiary/aromatic N) is 3. The van der Waals surface area contributed by atoms with E-state index >= 15 is 0 Å². The zero-order valence-corrected chi connectivity index (χ0v) is 9.48. The molecule has 0 aliphatic heterocycles. The molecule has 0 bridgehead atoms. The maximum Gasteiger partial charge on any atom is 0.225 e. The number of nitrogen functional groups attached to an aromatic ring is 1. The van der Waals surface area contributed by atoms with Crippen LogP contribution in [-0.2, 0) is 0 Å². The first kappa shape index (κ1) is 10.9. The molecule has 0 saturated heterocycles. The highest BCUT2D eigenvalue weighted by molar-refractivity contribution is 5.93. The molecule has 5 nitrogen and oxygen atoms in total. The van der Waals surface area contributed by atoms with Gasteiger partial charge in [0.05, 0.1) is 0 Å². The summed E-state index contributed by atoms with van der Waals surface area (Å²) in [5, 5.41) is 7.35. The molecule has 0 amide bonds. The van der Waals surface area contributed by atoms with Gasteiger partial charge in [-0.25, -0.2) is 9.97 Å². The van der Waals surface area contributed by atoms with E-state index in [2.05, 4.69) is 21.8 Å². The molecule has 16 heavy (non-hydrogen) atoms. The quantitative estimate of drug-likeness (QED) is 0.572. The van der Waals surface area contributed by atoms with Crippen molar-refractivity contribution in [2.75, 3.05) is 18.0 Å². The second-order valence-electron chi connectivity index (χ2n) is 4.14. The van der Waals surface area contributed by atoms with Crippen molar-refractivity contribution in [1.82, 2.24) is 9.97 Å². The van der Waals surface area contributed by atoms with Gasteiger partial charge in [0, 0.05) is 19.3 Å². The van der Waals surface area contributed by atoms with Crippen LogP contribution >= 0.6 is 0 Å². The van der Waals surface area contributed by atoms with E-state index in [-0.39, 0.29) is 5.84 Å². The van der Waals surface area contributed by atoms with Crippen LogP contribution in [0.1, 0.15) is 25.5 Å². The molecule has 0 radical (unpaired) electrons. The van der Waals surface area contributed by atoms with Crippen molar-refractivity contribution < 1.29 is 0 Å². The minimum absolute atomic E-state index is 0.00822. The predicted molar refractivity (Wildman–Crippen MR) is 63.7 cm³/mol. The first-order valence-corrected chi connectivity index (χ1v) is 5.63. The second kappa shape index (κ2) is 4.47. The number of hydrogen-bond donors (Lipinski definition) is 2. The van der Waals surface area contributed by atoms with Crippen LogP contribution in [-0.4, -0.2) is 28.9 Å². The maximum absolute atomic E-state index is 7.35. The molecule has 1 aliphatic rings. The van der Waals surface area contributed by atoms with E-state index in [9.17, 15) is 0 Å². The smallest absolute Gasteiger partial charge is 0.225 e. The van der Waals surface area contributed by atoms with Crippen molar-refractivity contribution in [1.29, 1.82) is 5.41 Å². The van der Waals surface area contributed by atoms with E-state index in [4.69, 9.17) is 11.1 Å². The molecule has 1 aliphatic carbocycles. The summed E-state index contributed by atoms with van der Waals surface area (Å²) in [5.41, 5.74) is 5.91. The van der Waals surface area contributed by atoms with E-state index in [1.165, 1.54) is 12.8 Å². The molecule has 0 spiro atoms. The molecule has 0 atom stereocenters. The van der Waals surface area contributed by atoms with Gasteiger partial charge in [0.2, 0.25) is 5.95 Å². The molecule has 0 unspecified atom stereocenters. The SMILES string of the molecule is CCN(CC1CC1)c1nccc(C(=N)N)n1. The van der Waals surface area contributed by atoms with Crippen LogP contribution in [0.2, 0.25) is 0 Å². The number of nitrogens with two attached hydrogens (primary N) is 1. The number of amidine groups is 1. The molecule has 0 aromatic carbocycles. The number of anilines is 1. The number of hydrogen-bond acceptors (Lipinski definition) is 4. The number of aromatic nitrogens is 2. The normalized spacial score (nSPS) is 14.8.